The van der Waals surface area contributed by atoms with Crippen molar-refractivity contribution in [2.24, 2.45) is 0 Å². The van der Waals surface area contributed by atoms with Crippen LogP contribution in [0.2, 0.25) is 0 Å². The van der Waals surface area contributed by atoms with Crippen LogP contribution in [0.4, 0.5) is 0 Å². The summed E-state index contributed by atoms with van der Waals surface area (Å²) in [6.07, 6.45) is 0. The lowest BCUT2D eigenvalue weighted by Crippen LogP contribution is -2.11. The van der Waals surface area contributed by atoms with Crippen molar-refractivity contribution in [1.82, 2.24) is 0 Å². The van der Waals surface area contributed by atoms with E-state index in [0.717, 1.165) is 32.7 Å². The van der Waals surface area contributed by atoms with Crippen molar-refractivity contribution in [3.8, 4) is 58.4 Å². The molecule has 48 heavy (non-hydrogen) atoms. The fourth-order valence-corrected chi connectivity index (χ4v) is 5.49. The monoisotopic (exact) mass is 626 g/mol. The molecule has 0 atom stereocenters. The topological polar surface area (TPSA) is 132 Å². The van der Waals surface area contributed by atoms with Crippen LogP contribution >= 0.6 is 0 Å². The Balaban J connectivity index is 1.29. The van der Waals surface area contributed by atoms with E-state index in [9.17, 15) is 21.0 Å². The zero-order valence-electron chi connectivity index (χ0n) is 25.6. The Morgan fingerprint density at radius 1 is 0.396 bits per heavy atom. The minimum atomic E-state index is 0.210. The predicted molar refractivity (Wildman–Crippen MR) is 181 cm³/mol. The molecule has 6 aromatic carbocycles. The zero-order chi connectivity index (χ0) is 33.3. The third-order valence-corrected chi connectivity index (χ3v) is 7.71. The third kappa shape index (κ3) is 6.51. The van der Waals surface area contributed by atoms with Crippen LogP contribution in [0.1, 0.15) is 22.3 Å². The highest BCUT2D eigenvalue weighted by atomic mass is 16.5. The smallest absolute Gasteiger partial charge is 0.128 e. The van der Waals surface area contributed by atoms with E-state index in [1.54, 1.807) is 36.4 Å². The number of hydrogen-bond donors (Lipinski definition) is 0. The summed E-state index contributed by atoms with van der Waals surface area (Å²) in [4.78, 5) is 0. The standard InChI is InChI=1S/C40H26N4O4/c41-23-29-9-13-33(21-31(29)25-43)45-17-19-47-37-15-11-27-5-1-3-7-35(27)39(37)40-36-8-4-2-6-28(36)12-16-38(40)48-20-18-46-34-14-10-30(24-42)32(22-34)26-44/h1-16,21-22H,17-20H2. The molecule has 230 valence electrons. The zero-order valence-corrected chi connectivity index (χ0v) is 25.6. The maximum Gasteiger partial charge on any atom is 0.128 e. The molecule has 0 aliphatic heterocycles. The minimum absolute atomic E-state index is 0.210. The summed E-state index contributed by atoms with van der Waals surface area (Å²) in [5.41, 5.74) is 2.84. The van der Waals surface area contributed by atoms with Gasteiger partial charge in [0.1, 0.15) is 73.7 Å². The molecule has 0 radical (unpaired) electrons. The SMILES string of the molecule is N#Cc1ccc(OCCOc2ccc3ccccc3c2-c2c(OCCOc3ccc(C#N)c(C#N)c3)ccc3ccccc23)cc1C#N. The first-order chi connectivity index (χ1) is 23.6. The van der Waals surface area contributed by atoms with Gasteiger partial charge in [0.2, 0.25) is 0 Å². The van der Waals surface area contributed by atoms with Gasteiger partial charge >= 0.3 is 0 Å². The van der Waals surface area contributed by atoms with Crippen LogP contribution in [-0.4, -0.2) is 26.4 Å². The summed E-state index contributed by atoms with van der Waals surface area (Å²) in [7, 11) is 0. The molecule has 8 heteroatoms. The van der Waals surface area contributed by atoms with Crippen LogP contribution in [0.15, 0.2) is 109 Å². The van der Waals surface area contributed by atoms with Gasteiger partial charge in [0.05, 0.1) is 22.3 Å². The van der Waals surface area contributed by atoms with Crippen molar-refractivity contribution in [2.75, 3.05) is 26.4 Å². The van der Waals surface area contributed by atoms with E-state index < -0.39 is 0 Å². The second kappa shape index (κ2) is 14.4. The van der Waals surface area contributed by atoms with Gasteiger partial charge in [-0.15, -0.1) is 0 Å². The van der Waals surface area contributed by atoms with Crippen molar-refractivity contribution in [3.05, 3.63) is 131 Å². The van der Waals surface area contributed by atoms with Gasteiger partial charge in [0.15, 0.2) is 0 Å². The van der Waals surface area contributed by atoms with Crippen molar-refractivity contribution in [1.29, 1.82) is 21.0 Å². The molecular formula is C40H26N4O4. The van der Waals surface area contributed by atoms with Crippen molar-refractivity contribution >= 4 is 21.5 Å². The first-order valence-electron chi connectivity index (χ1n) is 15.1. The molecule has 8 nitrogen and oxygen atoms in total. The second-order valence-corrected chi connectivity index (χ2v) is 10.6. The molecule has 0 amide bonds. The Bertz CT molecular complexity index is 2160. The molecule has 0 aliphatic carbocycles. The number of benzene rings is 6. The molecule has 0 unspecified atom stereocenters. The molecule has 6 aromatic rings. The van der Waals surface area contributed by atoms with E-state index in [-0.39, 0.29) is 37.6 Å². The first kappa shape index (κ1) is 31.0. The highest BCUT2D eigenvalue weighted by Crippen LogP contribution is 2.45. The number of nitrogens with zero attached hydrogens (tertiary/aromatic N) is 4. The third-order valence-electron chi connectivity index (χ3n) is 7.71. The number of hydrogen-bond acceptors (Lipinski definition) is 8. The lowest BCUT2D eigenvalue weighted by atomic mass is 9.92. The largest absolute Gasteiger partial charge is 0.490 e. The molecule has 0 saturated heterocycles. The van der Waals surface area contributed by atoms with E-state index in [1.807, 2.05) is 72.8 Å². The number of ether oxygens (including phenoxy) is 4. The lowest BCUT2D eigenvalue weighted by molar-refractivity contribution is 0.216. The molecule has 0 aromatic heterocycles. The van der Waals surface area contributed by atoms with E-state index in [2.05, 4.69) is 24.3 Å². The highest BCUT2D eigenvalue weighted by molar-refractivity contribution is 6.09. The van der Waals surface area contributed by atoms with E-state index in [1.165, 1.54) is 0 Å². The Labute approximate surface area is 277 Å². The Hall–Kier alpha value is -7.00. The van der Waals surface area contributed by atoms with Gasteiger partial charge in [0, 0.05) is 11.1 Å². The molecular weight excluding hydrogens is 600 g/mol. The van der Waals surface area contributed by atoms with Gasteiger partial charge in [-0.1, -0.05) is 60.7 Å². The van der Waals surface area contributed by atoms with Gasteiger partial charge in [-0.2, -0.15) is 21.0 Å². The summed E-state index contributed by atoms with van der Waals surface area (Å²) in [6, 6.07) is 41.7. The van der Waals surface area contributed by atoms with Crippen LogP contribution in [0, 0.1) is 45.3 Å². The first-order valence-corrected chi connectivity index (χ1v) is 15.1. The quantitative estimate of drug-likeness (QED) is 0.132. The van der Waals surface area contributed by atoms with Crippen LogP contribution in [0.25, 0.3) is 32.7 Å². The van der Waals surface area contributed by atoms with E-state index in [0.29, 0.717) is 34.1 Å². The summed E-state index contributed by atoms with van der Waals surface area (Å²) >= 11 is 0. The Morgan fingerprint density at radius 2 is 0.792 bits per heavy atom. The van der Waals surface area contributed by atoms with Gasteiger partial charge < -0.3 is 18.9 Å². The fourth-order valence-electron chi connectivity index (χ4n) is 5.49. The highest BCUT2D eigenvalue weighted by Gasteiger charge is 2.19. The van der Waals surface area contributed by atoms with Gasteiger partial charge in [-0.25, -0.2) is 0 Å². The molecule has 0 heterocycles. The van der Waals surface area contributed by atoms with Gasteiger partial charge in [-0.3, -0.25) is 0 Å². The van der Waals surface area contributed by atoms with Gasteiger partial charge in [-0.05, 0) is 70.1 Å². The van der Waals surface area contributed by atoms with Crippen molar-refractivity contribution in [3.63, 3.8) is 0 Å². The molecule has 0 spiro atoms. The van der Waals surface area contributed by atoms with E-state index in [4.69, 9.17) is 18.9 Å². The maximum absolute atomic E-state index is 9.36. The van der Waals surface area contributed by atoms with Crippen LogP contribution in [0.3, 0.4) is 0 Å². The molecule has 0 fully saturated rings. The van der Waals surface area contributed by atoms with E-state index >= 15 is 0 Å². The lowest BCUT2D eigenvalue weighted by Gasteiger charge is -2.20. The van der Waals surface area contributed by atoms with Crippen molar-refractivity contribution in [2.45, 2.75) is 0 Å². The number of rotatable bonds is 11. The predicted octanol–water partition coefficient (Wildman–Crippen LogP) is 8.06. The van der Waals surface area contributed by atoms with Crippen LogP contribution < -0.4 is 18.9 Å². The van der Waals surface area contributed by atoms with Gasteiger partial charge in [0.25, 0.3) is 0 Å². The van der Waals surface area contributed by atoms with Crippen LogP contribution in [-0.2, 0) is 0 Å². The molecule has 0 saturated carbocycles. The Morgan fingerprint density at radius 3 is 1.21 bits per heavy atom. The molecule has 0 bridgehead atoms. The summed E-state index contributed by atoms with van der Waals surface area (Å²) < 4.78 is 24.5. The molecule has 6 rings (SSSR count). The van der Waals surface area contributed by atoms with Crippen molar-refractivity contribution < 1.29 is 18.9 Å². The maximum atomic E-state index is 9.36. The summed E-state index contributed by atoms with van der Waals surface area (Å²) in [6.45, 7) is 0.860. The number of nitriles is 4. The minimum Gasteiger partial charge on any atom is -0.490 e. The Kier molecular flexibility index (Phi) is 9.30. The summed E-state index contributed by atoms with van der Waals surface area (Å²) in [5, 5.41) is 41.2. The molecule has 0 N–H and O–H groups in total. The fraction of sp³-hybridized carbons (Fsp3) is 0.100. The average Bonchev–Trinajstić information content (AvgIpc) is 3.14. The summed E-state index contributed by atoms with van der Waals surface area (Å²) in [5.74, 6) is 2.25. The second-order valence-electron chi connectivity index (χ2n) is 10.6. The average molecular weight is 627 g/mol. The van der Waals surface area contributed by atoms with Crippen LogP contribution in [0.5, 0.6) is 23.0 Å². The number of fused-ring (bicyclic) bond motifs is 2. The molecule has 0 aliphatic rings. The normalized spacial score (nSPS) is 10.3.